The zero-order chi connectivity index (χ0) is 25.3. The maximum Gasteiger partial charge on any atom is 0.293 e. The average Bonchev–Trinajstić information content (AvgIpc) is 3.32. The van der Waals surface area contributed by atoms with Crippen molar-refractivity contribution in [3.05, 3.63) is 83.7 Å². The van der Waals surface area contributed by atoms with Crippen molar-refractivity contribution in [3.8, 4) is 34.5 Å². The van der Waals surface area contributed by atoms with Gasteiger partial charge in [-0.1, -0.05) is 6.92 Å². The number of imidazole rings is 1. The summed E-state index contributed by atoms with van der Waals surface area (Å²) in [5.41, 5.74) is 1.28. The molecule has 182 valence electrons. The molecule has 0 bridgehead atoms. The van der Waals surface area contributed by atoms with Gasteiger partial charge in [0.1, 0.15) is 22.7 Å². The minimum atomic E-state index is -3.32. The standard InChI is InChI=1S/C25H21N5O5S/c1-3-36(32,33)18-8-6-16(7-9-18)34-17-13-19-23(29-24(28-19)20-15-26-10-11-27-20)22(14-17)35-21-5-4-12-30(2)25(21)31/h4-15H,3H2,1-2H3,(H,28,29). The molecule has 0 amide bonds. The van der Waals surface area contributed by atoms with Crippen LogP contribution in [-0.2, 0) is 16.9 Å². The molecular weight excluding hydrogens is 482 g/mol. The van der Waals surface area contributed by atoms with Gasteiger partial charge >= 0.3 is 0 Å². The highest BCUT2D eigenvalue weighted by Gasteiger charge is 2.17. The number of ether oxygens (including phenoxy) is 2. The zero-order valence-corrected chi connectivity index (χ0v) is 20.2. The lowest BCUT2D eigenvalue weighted by molar-refractivity contribution is 0.457. The van der Waals surface area contributed by atoms with Gasteiger partial charge in [-0.3, -0.25) is 9.78 Å². The SMILES string of the molecule is CCS(=O)(=O)c1ccc(Oc2cc(Oc3cccn(C)c3=O)c3nc(-c4cnccn4)[nH]c3c2)cc1. The number of hydrogen-bond donors (Lipinski definition) is 1. The lowest BCUT2D eigenvalue weighted by Crippen LogP contribution is -2.16. The number of benzene rings is 2. The molecule has 3 aromatic heterocycles. The molecule has 0 aliphatic carbocycles. The van der Waals surface area contributed by atoms with E-state index in [1.54, 1.807) is 75.2 Å². The molecule has 1 N–H and O–H groups in total. The van der Waals surface area contributed by atoms with E-state index in [1.165, 1.54) is 16.7 Å². The fraction of sp³-hybridized carbons (Fsp3) is 0.120. The second-order valence-corrected chi connectivity index (χ2v) is 10.1. The van der Waals surface area contributed by atoms with Crippen LogP contribution in [0, 0.1) is 0 Å². The van der Waals surface area contributed by atoms with E-state index in [0.717, 1.165) is 0 Å². The monoisotopic (exact) mass is 503 g/mol. The molecule has 0 atom stereocenters. The lowest BCUT2D eigenvalue weighted by atomic mass is 10.2. The van der Waals surface area contributed by atoms with Gasteiger partial charge in [0.25, 0.3) is 5.56 Å². The second-order valence-electron chi connectivity index (χ2n) is 7.86. The van der Waals surface area contributed by atoms with Crippen LogP contribution in [0.25, 0.3) is 22.6 Å². The molecule has 5 aromatic rings. The van der Waals surface area contributed by atoms with E-state index in [1.807, 2.05) is 0 Å². The van der Waals surface area contributed by atoms with Crippen LogP contribution in [0.1, 0.15) is 6.92 Å². The van der Waals surface area contributed by atoms with E-state index < -0.39 is 9.84 Å². The number of fused-ring (bicyclic) bond motifs is 1. The lowest BCUT2D eigenvalue weighted by Gasteiger charge is -2.11. The summed E-state index contributed by atoms with van der Waals surface area (Å²) in [4.78, 5) is 28.9. The van der Waals surface area contributed by atoms with Crippen molar-refractivity contribution in [2.24, 2.45) is 7.05 Å². The molecule has 36 heavy (non-hydrogen) atoms. The number of sulfone groups is 1. The number of aryl methyl sites for hydroxylation is 1. The van der Waals surface area contributed by atoms with Gasteiger partial charge in [-0.15, -0.1) is 0 Å². The Labute approximate surface area is 206 Å². The molecule has 2 aromatic carbocycles. The molecule has 0 aliphatic rings. The van der Waals surface area contributed by atoms with Crippen LogP contribution >= 0.6 is 0 Å². The summed E-state index contributed by atoms with van der Waals surface area (Å²) in [7, 11) is -1.69. The van der Waals surface area contributed by atoms with Crippen molar-refractivity contribution in [2.45, 2.75) is 11.8 Å². The number of rotatable bonds is 7. The van der Waals surface area contributed by atoms with Crippen molar-refractivity contribution in [1.82, 2.24) is 24.5 Å². The summed E-state index contributed by atoms with van der Waals surface area (Å²) in [5.74, 6) is 1.72. The van der Waals surface area contributed by atoms with Crippen molar-refractivity contribution in [3.63, 3.8) is 0 Å². The Morgan fingerprint density at radius 3 is 2.53 bits per heavy atom. The Balaban J connectivity index is 1.57. The molecule has 0 spiro atoms. The zero-order valence-electron chi connectivity index (χ0n) is 19.4. The number of H-pyrrole nitrogens is 1. The molecule has 0 fully saturated rings. The summed E-state index contributed by atoms with van der Waals surface area (Å²) in [6.07, 6.45) is 6.33. The number of aromatic nitrogens is 5. The van der Waals surface area contributed by atoms with Gasteiger partial charge in [0, 0.05) is 37.8 Å². The van der Waals surface area contributed by atoms with Crippen LogP contribution in [-0.4, -0.2) is 38.7 Å². The highest BCUT2D eigenvalue weighted by molar-refractivity contribution is 7.91. The third-order valence-electron chi connectivity index (χ3n) is 5.44. The first-order chi connectivity index (χ1) is 17.3. The molecule has 11 heteroatoms. The van der Waals surface area contributed by atoms with Crippen LogP contribution in [0.2, 0.25) is 0 Å². The number of pyridine rings is 1. The van der Waals surface area contributed by atoms with Crippen molar-refractivity contribution in [1.29, 1.82) is 0 Å². The third-order valence-corrected chi connectivity index (χ3v) is 7.19. The highest BCUT2D eigenvalue weighted by Crippen LogP contribution is 2.35. The number of aromatic amines is 1. The fourth-order valence-electron chi connectivity index (χ4n) is 3.53. The Morgan fingerprint density at radius 2 is 1.81 bits per heavy atom. The smallest absolute Gasteiger partial charge is 0.293 e. The quantitative estimate of drug-likeness (QED) is 0.351. The van der Waals surface area contributed by atoms with Crippen LogP contribution in [0.3, 0.4) is 0 Å². The molecule has 0 saturated carbocycles. The normalized spacial score (nSPS) is 11.5. The largest absolute Gasteiger partial charge is 0.457 e. The Kier molecular flexibility index (Phi) is 5.98. The summed E-state index contributed by atoms with van der Waals surface area (Å²) in [5, 5.41) is 0. The minimum absolute atomic E-state index is 0.0114. The molecular formula is C25H21N5O5S. The van der Waals surface area contributed by atoms with E-state index >= 15 is 0 Å². The Bertz CT molecular complexity index is 1710. The topological polar surface area (TPSA) is 129 Å². The number of nitrogens with one attached hydrogen (secondary N) is 1. The molecule has 0 aliphatic heterocycles. The summed E-state index contributed by atoms with van der Waals surface area (Å²) >= 11 is 0. The molecule has 10 nitrogen and oxygen atoms in total. The van der Waals surface area contributed by atoms with E-state index in [9.17, 15) is 13.2 Å². The van der Waals surface area contributed by atoms with E-state index in [-0.39, 0.29) is 22.0 Å². The average molecular weight is 504 g/mol. The van der Waals surface area contributed by atoms with E-state index in [4.69, 9.17) is 9.47 Å². The summed E-state index contributed by atoms with van der Waals surface area (Å²) in [6.45, 7) is 1.59. The molecule has 0 unspecified atom stereocenters. The maximum absolute atomic E-state index is 12.6. The van der Waals surface area contributed by atoms with Gasteiger partial charge in [-0.25, -0.2) is 18.4 Å². The summed E-state index contributed by atoms with van der Waals surface area (Å²) < 4.78 is 37.6. The van der Waals surface area contributed by atoms with Gasteiger partial charge in [0.05, 0.1) is 22.4 Å². The van der Waals surface area contributed by atoms with Crippen LogP contribution in [0.15, 0.2) is 83.0 Å². The fourth-order valence-corrected chi connectivity index (χ4v) is 4.41. The number of nitrogens with zero attached hydrogens (tertiary/aromatic N) is 4. The molecule has 5 rings (SSSR count). The van der Waals surface area contributed by atoms with Gasteiger partial charge in [0.2, 0.25) is 0 Å². The van der Waals surface area contributed by atoms with Crippen molar-refractivity contribution >= 4 is 20.9 Å². The molecule has 0 radical (unpaired) electrons. The summed E-state index contributed by atoms with van der Waals surface area (Å²) in [6, 6.07) is 12.8. The maximum atomic E-state index is 12.6. The van der Waals surface area contributed by atoms with Gasteiger partial charge in [0.15, 0.2) is 27.2 Å². The Hall–Kier alpha value is -4.51. The van der Waals surface area contributed by atoms with E-state index in [2.05, 4.69) is 19.9 Å². The van der Waals surface area contributed by atoms with Crippen LogP contribution in [0.4, 0.5) is 0 Å². The molecule has 0 saturated heterocycles. The van der Waals surface area contributed by atoms with E-state index in [0.29, 0.717) is 39.8 Å². The van der Waals surface area contributed by atoms with Gasteiger partial charge < -0.3 is 19.0 Å². The predicted molar refractivity (Wildman–Crippen MR) is 133 cm³/mol. The first-order valence-corrected chi connectivity index (χ1v) is 12.6. The minimum Gasteiger partial charge on any atom is -0.457 e. The highest BCUT2D eigenvalue weighted by atomic mass is 32.2. The van der Waals surface area contributed by atoms with Crippen LogP contribution in [0.5, 0.6) is 23.0 Å². The van der Waals surface area contributed by atoms with Gasteiger partial charge in [-0.05, 0) is 36.4 Å². The second kappa shape index (κ2) is 9.27. The number of hydrogen-bond acceptors (Lipinski definition) is 8. The van der Waals surface area contributed by atoms with Crippen molar-refractivity contribution < 1.29 is 17.9 Å². The first kappa shape index (κ1) is 23.2. The van der Waals surface area contributed by atoms with Crippen LogP contribution < -0.4 is 15.0 Å². The third kappa shape index (κ3) is 4.56. The van der Waals surface area contributed by atoms with Gasteiger partial charge in [-0.2, -0.15) is 0 Å². The predicted octanol–water partition coefficient (Wildman–Crippen LogP) is 4.10. The Morgan fingerprint density at radius 1 is 1.00 bits per heavy atom. The first-order valence-electron chi connectivity index (χ1n) is 11.0. The molecule has 3 heterocycles. The van der Waals surface area contributed by atoms with Crippen molar-refractivity contribution in [2.75, 3.05) is 5.75 Å².